The first-order chi connectivity index (χ1) is 13.0. The second-order valence-corrected chi connectivity index (χ2v) is 8.56. The predicted molar refractivity (Wildman–Crippen MR) is 105 cm³/mol. The number of ether oxygens (including phenoxy) is 2. The third-order valence-electron chi connectivity index (χ3n) is 4.95. The largest absolute Gasteiger partial charge is 0.493 e. The van der Waals surface area contributed by atoms with Crippen LogP contribution in [0.2, 0.25) is 0 Å². The Morgan fingerprint density at radius 3 is 2.11 bits per heavy atom. The van der Waals surface area contributed by atoms with Gasteiger partial charge in [0.25, 0.3) is 0 Å². The molecule has 0 aromatic heterocycles. The first-order valence-electron chi connectivity index (χ1n) is 8.94. The van der Waals surface area contributed by atoms with Crippen molar-refractivity contribution >= 4 is 10.0 Å². The van der Waals surface area contributed by atoms with Crippen molar-refractivity contribution in [1.82, 2.24) is 9.21 Å². The molecule has 0 aliphatic carbocycles. The summed E-state index contributed by atoms with van der Waals surface area (Å²) in [6.45, 7) is 5.17. The molecule has 0 N–H and O–H groups in total. The topological polar surface area (TPSA) is 59.1 Å². The molecule has 7 heteroatoms. The van der Waals surface area contributed by atoms with Crippen LogP contribution in [0.4, 0.5) is 0 Å². The quantitative estimate of drug-likeness (QED) is 0.759. The molecular weight excluding hydrogens is 364 g/mol. The fourth-order valence-corrected chi connectivity index (χ4v) is 4.75. The third kappa shape index (κ3) is 4.26. The molecule has 2 aromatic carbocycles. The van der Waals surface area contributed by atoms with Gasteiger partial charge in [0.2, 0.25) is 10.0 Å². The molecule has 1 heterocycles. The van der Waals surface area contributed by atoms with E-state index >= 15 is 0 Å². The molecule has 1 aliphatic heterocycles. The van der Waals surface area contributed by atoms with Gasteiger partial charge < -0.3 is 9.47 Å². The van der Waals surface area contributed by atoms with E-state index in [0.29, 0.717) is 36.8 Å². The van der Waals surface area contributed by atoms with Gasteiger partial charge in [-0.15, -0.1) is 0 Å². The summed E-state index contributed by atoms with van der Waals surface area (Å²) >= 11 is 0. The van der Waals surface area contributed by atoms with Crippen LogP contribution >= 0.6 is 0 Å². The summed E-state index contributed by atoms with van der Waals surface area (Å²) in [7, 11) is -0.159. The Morgan fingerprint density at radius 1 is 0.926 bits per heavy atom. The number of sulfonamides is 1. The van der Waals surface area contributed by atoms with E-state index in [1.165, 1.54) is 0 Å². The zero-order chi connectivity index (χ0) is 19.4. The molecule has 6 nitrogen and oxygen atoms in total. The summed E-state index contributed by atoms with van der Waals surface area (Å²) in [5.74, 6) is 1.43. The normalized spacial score (nSPS) is 16.3. The number of hydrogen-bond acceptors (Lipinski definition) is 5. The van der Waals surface area contributed by atoms with Crippen LogP contribution in [0.3, 0.4) is 0 Å². The van der Waals surface area contributed by atoms with Crippen molar-refractivity contribution in [3.05, 3.63) is 53.6 Å². The van der Waals surface area contributed by atoms with Gasteiger partial charge in [0, 0.05) is 32.7 Å². The third-order valence-corrected chi connectivity index (χ3v) is 6.86. The van der Waals surface area contributed by atoms with Gasteiger partial charge in [0.15, 0.2) is 11.5 Å². The average Bonchev–Trinajstić information content (AvgIpc) is 2.70. The highest BCUT2D eigenvalue weighted by Gasteiger charge is 2.28. The number of rotatable bonds is 6. The summed E-state index contributed by atoms with van der Waals surface area (Å²) < 4.78 is 37.8. The van der Waals surface area contributed by atoms with E-state index in [9.17, 15) is 8.42 Å². The summed E-state index contributed by atoms with van der Waals surface area (Å²) in [6.07, 6.45) is 0. The van der Waals surface area contributed by atoms with Gasteiger partial charge in [0.05, 0.1) is 19.1 Å². The highest BCUT2D eigenvalue weighted by Crippen LogP contribution is 2.31. The van der Waals surface area contributed by atoms with E-state index in [-0.39, 0.29) is 0 Å². The molecule has 0 bridgehead atoms. The lowest BCUT2D eigenvalue weighted by Gasteiger charge is -2.34. The van der Waals surface area contributed by atoms with Crippen LogP contribution < -0.4 is 9.47 Å². The second kappa shape index (κ2) is 8.29. The van der Waals surface area contributed by atoms with Crippen molar-refractivity contribution in [2.75, 3.05) is 40.4 Å². The summed E-state index contributed by atoms with van der Waals surface area (Å²) in [5, 5.41) is 0. The number of benzene rings is 2. The SMILES string of the molecule is COc1cc(C)c(CN2CCN(S(=O)(=O)c3ccccc3)CC2)cc1OC. The summed E-state index contributed by atoms with van der Waals surface area (Å²) in [4.78, 5) is 2.62. The van der Waals surface area contributed by atoms with Crippen LogP contribution in [0.5, 0.6) is 11.5 Å². The van der Waals surface area contributed by atoms with Crippen molar-refractivity contribution in [3.8, 4) is 11.5 Å². The van der Waals surface area contributed by atoms with Crippen LogP contribution in [0, 0.1) is 6.92 Å². The average molecular weight is 391 g/mol. The first-order valence-corrected chi connectivity index (χ1v) is 10.4. The summed E-state index contributed by atoms with van der Waals surface area (Å²) in [5.41, 5.74) is 2.29. The van der Waals surface area contributed by atoms with E-state index in [1.54, 1.807) is 42.8 Å². The second-order valence-electron chi connectivity index (χ2n) is 6.63. The van der Waals surface area contributed by atoms with E-state index in [4.69, 9.17) is 9.47 Å². The van der Waals surface area contributed by atoms with E-state index in [0.717, 1.165) is 23.4 Å². The van der Waals surface area contributed by atoms with Crippen molar-refractivity contribution < 1.29 is 17.9 Å². The molecule has 27 heavy (non-hydrogen) atoms. The standard InChI is InChI=1S/C20H26N2O4S/c1-16-13-19(25-2)20(26-3)14-17(16)15-21-9-11-22(12-10-21)27(23,24)18-7-5-4-6-8-18/h4-8,13-14H,9-12,15H2,1-3H3. The molecular formula is C20H26N2O4S. The molecule has 0 saturated carbocycles. The fraction of sp³-hybridized carbons (Fsp3) is 0.400. The van der Waals surface area contributed by atoms with Crippen LogP contribution in [0.25, 0.3) is 0 Å². The Labute approximate surface area is 161 Å². The van der Waals surface area contributed by atoms with Crippen LogP contribution in [-0.4, -0.2) is 58.0 Å². The molecule has 0 spiro atoms. The van der Waals surface area contributed by atoms with Crippen molar-refractivity contribution in [3.63, 3.8) is 0 Å². The maximum atomic E-state index is 12.7. The minimum Gasteiger partial charge on any atom is -0.493 e. The maximum Gasteiger partial charge on any atom is 0.243 e. The molecule has 146 valence electrons. The van der Waals surface area contributed by atoms with Crippen LogP contribution in [-0.2, 0) is 16.6 Å². The molecule has 0 radical (unpaired) electrons. The Kier molecular flexibility index (Phi) is 6.04. The van der Waals surface area contributed by atoms with Gasteiger partial charge in [-0.3, -0.25) is 4.90 Å². The zero-order valence-electron chi connectivity index (χ0n) is 16.0. The Bertz CT molecular complexity index is 876. The monoisotopic (exact) mass is 390 g/mol. The Morgan fingerprint density at radius 2 is 1.52 bits per heavy atom. The minimum atomic E-state index is -3.42. The minimum absolute atomic E-state index is 0.356. The van der Waals surface area contributed by atoms with Gasteiger partial charge >= 0.3 is 0 Å². The van der Waals surface area contributed by atoms with Crippen molar-refractivity contribution in [2.45, 2.75) is 18.4 Å². The number of piperazine rings is 1. The fourth-order valence-electron chi connectivity index (χ4n) is 3.30. The van der Waals surface area contributed by atoms with E-state index in [1.807, 2.05) is 25.1 Å². The molecule has 2 aromatic rings. The highest BCUT2D eigenvalue weighted by molar-refractivity contribution is 7.89. The molecule has 1 aliphatic rings. The van der Waals surface area contributed by atoms with Gasteiger partial charge in [-0.1, -0.05) is 18.2 Å². The van der Waals surface area contributed by atoms with Gasteiger partial charge in [-0.25, -0.2) is 8.42 Å². The van der Waals surface area contributed by atoms with E-state index < -0.39 is 10.0 Å². The Balaban J connectivity index is 1.67. The molecule has 0 unspecified atom stereocenters. The van der Waals surface area contributed by atoms with Gasteiger partial charge in [0.1, 0.15) is 0 Å². The smallest absolute Gasteiger partial charge is 0.243 e. The van der Waals surface area contributed by atoms with Crippen LogP contribution in [0.15, 0.2) is 47.4 Å². The van der Waals surface area contributed by atoms with Crippen molar-refractivity contribution in [1.29, 1.82) is 0 Å². The molecule has 0 amide bonds. The van der Waals surface area contributed by atoms with Crippen LogP contribution in [0.1, 0.15) is 11.1 Å². The number of hydrogen-bond donors (Lipinski definition) is 0. The zero-order valence-corrected chi connectivity index (χ0v) is 16.8. The predicted octanol–water partition coefficient (Wildman–Crippen LogP) is 2.52. The number of nitrogens with zero attached hydrogens (tertiary/aromatic N) is 2. The lowest BCUT2D eigenvalue weighted by atomic mass is 10.1. The van der Waals surface area contributed by atoms with Gasteiger partial charge in [-0.2, -0.15) is 4.31 Å². The highest BCUT2D eigenvalue weighted by atomic mass is 32.2. The summed E-state index contributed by atoms with van der Waals surface area (Å²) in [6, 6.07) is 12.6. The maximum absolute atomic E-state index is 12.7. The van der Waals surface area contributed by atoms with Gasteiger partial charge in [-0.05, 0) is 42.3 Å². The molecule has 1 fully saturated rings. The number of aryl methyl sites for hydroxylation is 1. The lowest BCUT2D eigenvalue weighted by molar-refractivity contribution is 0.181. The first kappa shape index (κ1) is 19.7. The number of methoxy groups -OCH3 is 2. The lowest BCUT2D eigenvalue weighted by Crippen LogP contribution is -2.48. The molecule has 0 atom stereocenters. The van der Waals surface area contributed by atoms with E-state index in [2.05, 4.69) is 4.90 Å². The molecule has 1 saturated heterocycles. The Hall–Kier alpha value is -2.09. The molecule has 3 rings (SSSR count). The van der Waals surface area contributed by atoms with Crippen molar-refractivity contribution in [2.24, 2.45) is 0 Å².